The number of benzene rings is 1. The van der Waals surface area contributed by atoms with Crippen LogP contribution in [0, 0.1) is 18.7 Å². The molecular weight excluding hydrogens is 331 g/mol. The van der Waals surface area contributed by atoms with Gasteiger partial charge < -0.3 is 5.11 Å². The highest BCUT2D eigenvalue weighted by molar-refractivity contribution is 5.67. The molecule has 0 aliphatic heterocycles. The van der Waals surface area contributed by atoms with Crippen LogP contribution in [0.5, 0.6) is 0 Å². The molecule has 0 saturated heterocycles. The molecule has 0 radical (unpaired) electrons. The summed E-state index contributed by atoms with van der Waals surface area (Å²) in [4.78, 5) is 0. The maximum atomic E-state index is 13.5. The van der Waals surface area contributed by atoms with Crippen LogP contribution in [0.3, 0.4) is 0 Å². The molecule has 26 heavy (non-hydrogen) atoms. The molecule has 4 rings (SSSR count). The van der Waals surface area contributed by atoms with Crippen LogP contribution in [-0.2, 0) is 26.6 Å². The number of aliphatic hydroxyl groups excluding tert-OH is 1. The zero-order chi connectivity index (χ0) is 18.3. The second kappa shape index (κ2) is 6.68. The van der Waals surface area contributed by atoms with E-state index in [0.29, 0.717) is 12.0 Å². The molecule has 0 unspecified atom stereocenters. The molecule has 2 heterocycles. The fourth-order valence-corrected chi connectivity index (χ4v) is 3.41. The van der Waals surface area contributed by atoms with Gasteiger partial charge in [-0.15, -0.1) is 0 Å². The first kappa shape index (κ1) is 17.0. The minimum atomic E-state index is -0.354. The highest BCUT2D eigenvalue weighted by Crippen LogP contribution is 2.31. The topological polar surface area (TPSA) is 55.9 Å². The molecule has 6 heteroatoms. The van der Waals surface area contributed by atoms with Crippen molar-refractivity contribution in [2.75, 3.05) is 0 Å². The van der Waals surface area contributed by atoms with Gasteiger partial charge in [-0.1, -0.05) is 0 Å². The van der Waals surface area contributed by atoms with Crippen LogP contribution in [0.1, 0.15) is 35.2 Å². The number of hydrogen-bond donors (Lipinski definition) is 1. The van der Waals surface area contributed by atoms with Gasteiger partial charge in [-0.3, -0.25) is 9.36 Å². The van der Waals surface area contributed by atoms with E-state index in [4.69, 9.17) is 0 Å². The van der Waals surface area contributed by atoms with Crippen molar-refractivity contribution in [3.05, 3.63) is 58.8 Å². The Bertz CT molecular complexity index is 939. The Morgan fingerprint density at radius 2 is 1.96 bits per heavy atom. The maximum Gasteiger partial charge on any atom is 0.123 e. The van der Waals surface area contributed by atoms with Gasteiger partial charge in [0.2, 0.25) is 0 Å². The summed E-state index contributed by atoms with van der Waals surface area (Å²) >= 11 is 0. The van der Waals surface area contributed by atoms with Crippen molar-refractivity contribution < 1.29 is 9.50 Å². The Hall–Kier alpha value is -2.47. The van der Waals surface area contributed by atoms with Crippen LogP contribution in [0.25, 0.3) is 11.3 Å². The third kappa shape index (κ3) is 3.42. The number of aromatic nitrogens is 4. The lowest BCUT2D eigenvalue weighted by atomic mass is 9.98. The van der Waals surface area contributed by atoms with Crippen LogP contribution in [0.15, 0.2) is 30.6 Å². The molecule has 1 aliphatic rings. The lowest BCUT2D eigenvalue weighted by Crippen LogP contribution is -1.99. The Labute approximate surface area is 152 Å². The quantitative estimate of drug-likeness (QED) is 0.739. The zero-order valence-electron chi connectivity index (χ0n) is 15.1. The number of nitrogens with zero attached hydrogens (tertiary/aromatic N) is 4. The first-order valence-electron chi connectivity index (χ1n) is 8.98. The average Bonchev–Trinajstić information content (AvgIpc) is 3.25. The maximum absolute atomic E-state index is 13.5. The van der Waals surface area contributed by atoms with E-state index >= 15 is 0 Å². The van der Waals surface area contributed by atoms with Crippen LogP contribution in [-0.4, -0.2) is 24.7 Å². The second-order valence-corrected chi connectivity index (χ2v) is 7.22. The van der Waals surface area contributed by atoms with Crippen molar-refractivity contribution in [1.82, 2.24) is 19.6 Å². The van der Waals surface area contributed by atoms with Crippen LogP contribution in [0.4, 0.5) is 4.39 Å². The molecule has 0 spiro atoms. The second-order valence-electron chi connectivity index (χ2n) is 7.22. The van der Waals surface area contributed by atoms with Crippen LogP contribution >= 0.6 is 0 Å². The number of aliphatic hydroxyl groups is 1. The van der Waals surface area contributed by atoms with Gasteiger partial charge in [0.15, 0.2) is 0 Å². The molecular formula is C20H23FN4O. The Morgan fingerprint density at radius 3 is 2.69 bits per heavy atom. The molecule has 1 fully saturated rings. The summed E-state index contributed by atoms with van der Waals surface area (Å²) in [6.45, 7) is 2.81. The monoisotopic (exact) mass is 354 g/mol. The summed E-state index contributed by atoms with van der Waals surface area (Å²) < 4.78 is 17.3. The van der Waals surface area contributed by atoms with E-state index in [0.717, 1.165) is 35.0 Å². The predicted molar refractivity (Wildman–Crippen MR) is 97.0 cm³/mol. The van der Waals surface area contributed by atoms with Crippen molar-refractivity contribution in [1.29, 1.82) is 0 Å². The van der Waals surface area contributed by atoms with Crippen molar-refractivity contribution in [2.45, 2.75) is 39.3 Å². The minimum Gasteiger partial charge on any atom is -0.392 e. The lowest BCUT2D eigenvalue weighted by Gasteiger charge is -2.07. The molecule has 1 aromatic carbocycles. The van der Waals surface area contributed by atoms with Crippen molar-refractivity contribution in [2.24, 2.45) is 13.0 Å². The summed E-state index contributed by atoms with van der Waals surface area (Å²) in [5.41, 5.74) is 5.35. The van der Waals surface area contributed by atoms with Gasteiger partial charge in [0, 0.05) is 43.5 Å². The molecule has 0 bridgehead atoms. The van der Waals surface area contributed by atoms with E-state index in [1.807, 2.05) is 20.2 Å². The Morgan fingerprint density at radius 1 is 1.15 bits per heavy atom. The first-order chi connectivity index (χ1) is 12.5. The number of rotatable bonds is 6. The van der Waals surface area contributed by atoms with Crippen molar-refractivity contribution in [3.63, 3.8) is 0 Å². The van der Waals surface area contributed by atoms with E-state index in [1.54, 1.807) is 10.7 Å². The Kier molecular flexibility index (Phi) is 4.36. The summed E-state index contributed by atoms with van der Waals surface area (Å²) in [5.74, 6) is 0.426. The van der Waals surface area contributed by atoms with E-state index in [2.05, 4.69) is 21.1 Å². The van der Waals surface area contributed by atoms with Gasteiger partial charge >= 0.3 is 0 Å². The molecule has 0 amide bonds. The van der Waals surface area contributed by atoms with Gasteiger partial charge in [-0.2, -0.15) is 10.2 Å². The predicted octanol–water partition coefficient (Wildman–Crippen LogP) is 3.22. The largest absolute Gasteiger partial charge is 0.392 e. The summed E-state index contributed by atoms with van der Waals surface area (Å²) in [7, 11) is 1.87. The van der Waals surface area contributed by atoms with E-state index in [-0.39, 0.29) is 12.4 Å². The molecule has 136 valence electrons. The third-order valence-electron chi connectivity index (χ3n) is 4.97. The molecule has 5 nitrogen and oxygen atoms in total. The van der Waals surface area contributed by atoms with Gasteiger partial charge in [0.05, 0.1) is 18.0 Å². The fraction of sp³-hybridized carbons (Fsp3) is 0.400. The summed E-state index contributed by atoms with van der Waals surface area (Å²) in [5, 5.41) is 18.8. The standard InChI is InChI=1S/C20H23FN4O/c1-13-15(11-25(22-13)9-14-3-4-14)7-16-10-24(2)23-20(16)19-6-5-18(21)8-17(19)12-26/h5-6,8,10-11,14,26H,3-4,7,9,12H2,1-2H3. The van der Waals surface area contributed by atoms with Gasteiger partial charge in [0.25, 0.3) is 0 Å². The Balaban J connectivity index is 1.67. The lowest BCUT2D eigenvalue weighted by molar-refractivity contribution is 0.281. The molecule has 1 saturated carbocycles. The molecule has 0 atom stereocenters. The van der Waals surface area contributed by atoms with Gasteiger partial charge in [-0.05, 0) is 55.0 Å². The highest BCUT2D eigenvalue weighted by atomic mass is 19.1. The number of halogens is 1. The molecule has 1 N–H and O–H groups in total. The van der Waals surface area contributed by atoms with E-state index in [9.17, 15) is 9.50 Å². The fourth-order valence-electron chi connectivity index (χ4n) is 3.41. The number of hydrogen-bond acceptors (Lipinski definition) is 3. The zero-order valence-corrected chi connectivity index (χ0v) is 15.1. The first-order valence-corrected chi connectivity index (χ1v) is 8.98. The smallest absolute Gasteiger partial charge is 0.123 e. The van der Waals surface area contributed by atoms with E-state index < -0.39 is 0 Å². The van der Waals surface area contributed by atoms with E-state index in [1.165, 1.54) is 30.5 Å². The molecule has 1 aliphatic carbocycles. The SMILES string of the molecule is Cc1nn(CC2CC2)cc1Cc1cn(C)nc1-c1ccc(F)cc1CO. The van der Waals surface area contributed by atoms with Crippen LogP contribution in [0.2, 0.25) is 0 Å². The molecule has 2 aromatic heterocycles. The van der Waals surface area contributed by atoms with Crippen LogP contribution < -0.4 is 0 Å². The normalized spacial score (nSPS) is 14.2. The summed E-state index contributed by atoms with van der Waals surface area (Å²) in [6.07, 6.45) is 7.42. The minimum absolute atomic E-state index is 0.221. The van der Waals surface area contributed by atoms with Gasteiger partial charge in [-0.25, -0.2) is 4.39 Å². The average molecular weight is 354 g/mol. The third-order valence-corrected chi connectivity index (χ3v) is 4.97. The van der Waals surface area contributed by atoms with Crippen molar-refractivity contribution >= 4 is 0 Å². The van der Waals surface area contributed by atoms with Crippen molar-refractivity contribution in [3.8, 4) is 11.3 Å². The number of aryl methyl sites for hydroxylation is 2. The molecule has 3 aromatic rings. The van der Waals surface area contributed by atoms with Gasteiger partial charge in [0.1, 0.15) is 5.82 Å². The summed E-state index contributed by atoms with van der Waals surface area (Å²) in [6, 6.07) is 4.47. The highest BCUT2D eigenvalue weighted by Gasteiger charge is 2.23.